The number of benzene rings is 2. The van der Waals surface area contributed by atoms with Gasteiger partial charge in [0.15, 0.2) is 0 Å². The lowest BCUT2D eigenvalue weighted by Gasteiger charge is -2.17. The van der Waals surface area contributed by atoms with Crippen LogP contribution in [-0.4, -0.2) is 25.1 Å². The Morgan fingerprint density at radius 3 is 2.62 bits per heavy atom. The van der Waals surface area contributed by atoms with Crippen molar-refractivity contribution < 1.29 is 4.74 Å². The lowest BCUT2D eigenvalue weighted by Crippen LogP contribution is -2.23. The number of anilines is 1. The van der Waals surface area contributed by atoms with Gasteiger partial charge in [-0.05, 0) is 42.9 Å². The number of rotatable bonds is 6. The van der Waals surface area contributed by atoms with Crippen LogP contribution >= 0.6 is 24.0 Å². The van der Waals surface area contributed by atoms with Gasteiger partial charge in [0.25, 0.3) is 0 Å². The summed E-state index contributed by atoms with van der Waals surface area (Å²) >= 11 is 5.91. The molecular weight excluding hydrogens is 307 g/mol. The third kappa shape index (κ3) is 6.25. The molecule has 0 amide bonds. The SMILES string of the molecule is CN(CCOc1cccc(Cl)c1)Cc1cccc(N)c1.Cl. The van der Waals surface area contributed by atoms with Gasteiger partial charge < -0.3 is 10.5 Å². The maximum Gasteiger partial charge on any atom is 0.120 e. The van der Waals surface area contributed by atoms with Gasteiger partial charge in [-0.2, -0.15) is 0 Å². The summed E-state index contributed by atoms with van der Waals surface area (Å²) in [4.78, 5) is 2.19. The third-order valence-electron chi connectivity index (χ3n) is 2.94. The van der Waals surface area contributed by atoms with Crippen molar-refractivity contribution in [3.05, 3.63) is 59.1 Å². The first-order valence-corrected chi connectivity index (χ1v) is 6.92. The summed E-state index contributed by atoms with van der Waals surface area (Å²) < 4.78 is 5.67. The van der Waals surface area contributed by atoms with Crippen molar-refractivity contribution in [3.63, 3.8) is 0 Å². The van der Waals surface area contributed by atoms with Crippen LogP contribution in [0.1, 0.15) is 5.56 Å². The summed E-state index contributed by atoms with van der Waals surface area (Å²) in [5.74, 6) is 0.801. The van der Waals surface area contributed by atoms with Crippen molar-refractivity contribution in [1.29, 1.82) is 0 Å². The maximum atomic E-state index is 5.91. The van der Waals surface area contributed by atoms with E-state index in [0.29, 0.717) is 11.6 Å². The second-order valence-electron chi connectivity index (χ2n) is 4.79. The molecule has 0 aliphatic rings. The molecule has 0 saturated carbocycles. The van der Waals surface area contributed by atoms with Gasteiger partial charge in [0.1, 0.15) is 12.4 Å². The normalized spacial score (nSPS) is 10.2. The van der Waals surface area contributed by atoms with Crippen LogP contribution in [-0.2, 0) is 6.54 Å². The van der Waals surface area contributed by atoms with Crippen molar-refractivity contribution in [2.75, 3.05) is 25.9 Å². The van der Waals surface area contributed by atoms with E-state index in [1.165, 1.54) is 5.56 Å². The molecular formula is C16H20Cl2N2O. The molecule has 2 rings (SSSR count). The summed E-state index contributed by atoms with van der Waals surface area (Å²) in [7, 11) is 2.06. The van der Waals surface area contributed by atoms with Crippen LogP contribution in [0, 0.1) is 0 Å². The molecule has 5 heteroatoms. The van der Waals surface area contributed by atoms with Gasteiger partial charge in [0.2, 0.25) is 0 Å². The highest BCUT2D eigenvalue weighted by molar-refractivity contribution is 6.30. The number of hydrogen-bond acceptors (Lipinski definition) is 3. The zero-order valence-electron chi connectivity index (χ0n) is 12.0. The van der Waals surface area contributed by atoms with E-state index < -0.39 is 0 Å². The Morgan fingerprint density at radius 1 is 1.14 bits per heavy atom. The van der Waals surface area contributed by atoms with Crippen molar-refractivity contribution in [2.45, 2.75) is 6.54 Å². The highest BCUT2D eigenvalue weighted by atomic mass is 35.5. The van der Waals surface area contributed by atoms with Gasteiger partial charge in [-0.3, -0.25) is 4.90 Å². The van der Waals surface area contributed by atoms with Crippen LogP contribution in [0.3, 0.4) is 0 Å². The number of ether oxygens (including phenoxy) is 1. The number of halogens is 2. The predicted molar refractivity (Wildman–Crippen MR) is 91.4 cm³/mol. The molecule has 0 radical (unpaired) electrons. The highest BCUT2D eigenvalue weighted by Crippen LogP contribution is 2.17. The zero-order chi connectivity index (χ0) is 14.4. The highest BCUT2D eigenvalue weighted by Gasteiger charge is 2.02. The Balaban J connectivity index is 0.00000220. The fourth-order valence-corrected chi connectivity index (χ4v) is 2.14. The Kier molecular flexibility index (Phi) is 7.37. The molecule has 0 saturated heterocycles. The molecule has 2 aromatic rings. The smallest absolute Gasteiger partial charge is 0.120 e. The van der Waals surface area contributed by atoms with Crippen molar-refractivity contribution >= 4 is 29.7 Å². The predicted octanol–water partition coefficient (Wildman–Crippen LogP) is 3.85. The average molecular weight is 327 g/mol. The molecule has 0 aliphatic carbocycles. The second-order valence-corrected chi connectivity index (χ2v) is 5.23. The van der Waals surface area contributed by atoms with E-state index in [1.54, 1.807) is 0 Å². The van der Waals surface area contributed by atoms with E-state index in [0.717, 1.165) is 24.5 Å². The molecule has 0 fully saturated rings. The van der Waals surface area contributed by atoms with E-state index >= 15 is 0 Å². The average Bonchev–Trinajstić information content (AvgIpc) is 2.38. The van der Waals surface area contributed by atoms with Crippen molar-refractivity contribution in [2.24, 2.45) is 0 Å². The largest absolute Gasteiger partial charge is 0.492 e. The van der Waals surface area contributed by atoms with Crippen LogP contribution in [0.15, 0.2) is 48.5 Å². The Morgan fingerprint density at radius 2 is 1.90 bits per heavy atom. The van der Waals surface area contributed by atoms with Crippen LogP contribution in [0.4, 0.5) is 5.69 Å². The minimum absolute atomic E-state index is 0. The fraction of sp³-hybridized carbons (Fsp3) is 0.250. The van der Waals surface area contributed by atoms with E-state index in [-0.39, 0.29) is 12.4 Å². The maximum absolute atomic E-state index is 5.91. The summed E-state index contributed by atoms with van der Waals surface area (Å²) in [6.07, 6.45) is 0. The number of nitrogens with two attached hydrogens (primary N) is 1. The van der Waals surface area contributed by atoms with Crippen molar-refractivity contribution in [1.82, 2.24) is 4.90 Å². The number of nitrogen functional groups attached to an aromatic ring is 1. The molecule has 0 bridgehead atoms. The molecule has 0 aromatic heterocycles. The second kappa shape index (κ2) is 8.78. The zero-order valence-corrected chi connectivity index (χ0v) is 13.5. The lowest BCUT2D eigenvalue weighted by molar-refractivity contribution is 0.233. The molecule has 0 spiro atoms. The van der Waals surface area contributed by atoms with Gasteiger partial charge in [0.05, 0.1) is 0 Å². The summed E-state index contributed by atoms with van der Waals surface area (Å²) in [6, 6.07) is 15.4. The molecule has 2 N–H and O–H groups in total. The molecule has 2 aromatic carbocycles. The quantitative estimate of drug-likeness (QED) is 0.819. The Hall–Kier alpha value is -1.42. The van der Waals surface area contributed by atoms with Gasteiger partial charge in [0, 0.05) is 23.8 Å². The molecule has 0 aliphatic heterocycles. The number of likely N-dealkylation sites (N-methyl/N-ethyl adjacent to an activating group) is 1. The molecule has 0 atom stereocenters. The molecule has 3 nitrogen and oxygen atoms in total. The van der Waals surface area contributed by atoms with E-state index in [4.69, 9.17) is 22.1 Å². The fourth-order valence-electron chi connectivity index (χ4n) is 1.96. The first-order valence-electron chi connectivity index (χ1n) is 6.55. The standard InChI is InChI=1S/C16H19ClN2O.ClH/c1-19(12-13-4-2-6-15(18)10-13)8-9-20-16-7-3-5-14(17)11-16;/h2-7,10-11H,8-9,12,18H2,1H3;1H. The number of nitrogens with zero attached hydrogens (tertiary/aromatic N) is 1. The van der Waals surface area contributed by atoms with Gasteiger partial charge in [-0.25, -0.2) is 0 Å². The van der Waals surface area contributed by atoms with E-state index in [1.807, 2.05) is 42.5 Å². The first-order chi connectivity index (χ1) is 9.63. The lowest BCUT2D eigenvalue weighted by atomic mass is 10.2. The molecule has 21 heavy (non-hydrogen) atoms. The minimum Gasteiger partial charge on any atom is -0.492 e. The summed E-state index contributed by atoms with van der Waals surface area (Å²) in [5.41, 5.74) is 7.77. The first kappa shape index (κ1) is 17.6. The minimum atomic E-state index is 0. The van der Waals surface area contributed by atoms with Gasteiger partial charge in [-0.1, -0.05) is 29.8 Å². The summed E-state index contributed by atoms with van der Waals surface area (Å²) in [5, 5.41) is 0.690. The van der Waals surface area contributed by atoms with Crippen LogP contribution in [0.25, 0.3) is 0 Å². The molecule has 0 heterocycles. The van der Waals surface area contributed by atoms with Crippen LogP contribution < -0.4 is 10.5 Å². The van der Waals surface area contributed by atoms with Gasteiger partial charge in [-0.15, -0.1) is 12.4 Å². The molecule has 114 valence electrons. The monoisotopic (exact) mass is 326 g/mol. The number of hydrogen-bond donors (Lipinski definition) is 1. The molecule has 0 unspecified atom stereocenters. The van der Waals surface area contributed by atoms with E-state index in [9.17, 15) is 0 Å². The van der Waals surface area contributed by atoms with Crippen molar-refractivity contribution in [3.8, 4) is 5.75 Å². The third-order valence-corrected chi connectivity index (χ3v) is 3.18. The van der Waals surface area contributed by atoms with E-state index in [2.05, 4.69) is 18.0 Å². The Labute approximate surface area is 137 Å². The van der Waals surface area contributed by atoms with Gasteiger partial charge >= 0.3 is 0 Å². The van der Waals surface area contributed by atoms with Crippen LogP contribution in [0.5, 0.6) is 5.75 Å². The summed E-state index contributed by atoms with van der Waals surface area (Å²) in [6.45, 7) is 2.31. The Bertz CT molecular complexity index is 563. The topological polar surface area (TPSA) is 38.5 Å². The van der Waals surface area contributed by atoms with Crippen LogP contribution in [0.2, 0.25) is 5.02 Å².